The smallest absolute Gasteiger partial charge is 0.212 e. The molecule has 0 aliphatic carbocycles. The standard InChI is InChI=1S/C15H16FNO2/c1-19-15-6-5-12(10-17-15)9-14(18)8-11-3-2-4-13(16)7-11/h2-7,10,14,18H,8-9H2,1H3. The van der Waals surface area contributed by atoms with Crippen molar-refractivity contribution in [3.8, 4) is 5.88 Å². The Bertz CT molecular complexity index is 528. The molecule has 0 radical (unpaired) electrons. The number of aromatic nitrogens is 1. The highest BCUT2D eigenvalue weighted by Crippen LogP contribution is 2.12. The lowest BCUT2D eigenvalue weighted by Gasteiger charge is -2.11. The molecular formula is C15H16FNO2. The molecule has 4 heteroatoms. The number of benzene rings is 1. The van der Waals surface area contributed by atoms with Gasteiger partial charge in [-0.2, -0.15) is 0 Å². The van der Waals surface area contributed by atoms with E-state index in [-0.39, 0.29) is 5.82 Å². The Morgan fingerprint density at radius 2 is 2.00 bits per heavy atom. The molecule has 1 N–H and O–H groups in total. The summed E-state index contributed by atoms with van der Waals surface area (Å²) in [7, 11) is 1.56. The third kappa shape index (κ3) is 4.03. The number of nitrogens with zero attached hydrogens (tertiary/aromatic N) is 1. The van der Waals surface area contributed by atoms with Gasteiger partial charge in [0.2, 0.25) is 5.88 Å². The zero-order chi connectivity index (χ0) is 13.7. The summed E-state index contributed by atoms with van der Waals surface area (Å²) in [5, 5.41) is 9.99. The summed E-state index contributed by atoms with van der Waals surface area (Å²) in [6.07, 6.45) is 2.02. The molecule has 100 valence electrons. The predicted octanol–water partition coefficient (Wildman–Crippen LogP) is 2.38. The molecule has 3 nitrogen and oxygen atoms in total. The normalized spacial score (nSPS) is 12.2. The number of halogens is 1. The first-order valence-electron chi connectivity index (χ1n) is 6.09. The van der Waals surface area contributed by atoms with Crippen molar-refractivity contribution >= 4 is 0 Å². The van der Waals surface area contributed by atoms with Crippen molar-refractivity contribution < 1.29 is 14.2 Å². The summed E-state index contributed by atoms with van der Waals surface area (Å²) in [4.78, 5) is 4.08. The van der Waals surface area contributed by atoms with Crippen molar-refractivity contribution in [1.29, 1.82) is 0 Å². The van der Waals surface area contributed by atoms with E-state index in [0.29, 0.717) is 18.7 Å². The van der Waals surface area contributed by atoms with Crippen LogP contribution < -0.4 is 4.74 Å². The Hall–Kier alpha value is -1.94. The molecule has 0 aliphatic heterocycles. The van der Waals surface area contributed by atoms with Crippen LogP contribution in [0.15, 0.2) is 42.6 Å². The molecule has 1 heterocycles. The van der Waals surface area contributed by atoms with Gasteiger partial charge in [-0.1, -0.05) is 18.2 Å². The Labute approximate surface area is 111 Å². The number of methoxy groups -OCH3 is 1. The highest BCUT2D eigenvalue weighted by Gasteiger charge is 2.08. The van der Waals surface area contributed by atoms with Gasteiger partial charge >= 0.3 is 0 Å². The fourth-order valence-corrected chi connectivity index (χ4v) is 1.93. The van der Waals surface area contributed by atoms with Gasteiger partial charge in [0, 0.05) is 18.7 Å². The largest absolute Gasteiger partial charge is 0.481 e. The zero-order valence-corrected chi connectivity index (χ0v) is 10.7. The van der Waals surface area contributed by atoms with E-state index < -0.39 is 6.10 Å². The van der Waals surface area contributed by atoms with Crippen LogP contribution in [0.3, 0.4) is 0 Å². The molecular weight excluding hydrogens is 245 g/mol. The minimum Gasteiger partial charge on any atom is -0.481 e. The van der Waals surface area contributed by atoms with Gasteiger partial charge in [-0.3, -0.25) is 0 Å². The highest BCUT2D eigenvalue weighted by atomic mass is 19.1. The van der Waals surface area contributed by atoms with Gasteiger partial charge < -0.3 is 9.84 Å². The van der Waals surface area contributed by atoms with Crippen LogP contribution in [0.2, 0.25) is 0 Å². The van der Waals surface area contributed by atoms with Crippen molar-refractivity contribution in [3.05, 3.63) is 59.5 Å². The molecule has 19 heavy (non-hydrogen) atoms. The summed E-state index contributed by atoms with van der Waals surface area (Å²) in [5.41, 5.74) is 1.71. The van der Waals surface area contributed by atoms with Gasteiger partial charge in [0.05, 0.1) is 13.2 Å². The molecule has 0 saturated carbocycles. The minimum absolute atomic E-state index is 0.282. The zero-order valence-electron chi connectivity index (χ0n) is 10.7. The van der Waals surface area contributed by atoms with Crippen LogP contribution >= 0.6 is 0 Å². The average molecular weight is 261 g/mol. The summed E-state index contributed by atoms with van der Waals surface area (Å²) < 4.78 is 18.0. The monoisotopic (exact) mass is 261 g/mol. The van der Waals surface area contributed by atoms with Gasteiger partial charge in [0.15, 0.2) is 0 Å². The summed E-state index contributed by atoms with van der Waals surface area (Å²) in [6, 6.07) is 9.90. The molecule has 0 spiro atoms. The highest BCUT2D eigenvalue weighted by molar-refractivity contribution is 5.20. The quantitative estimate of drug-likeness (QED) is 0.898. The van der Waals surface area contributed by atoms with Crippen molar-refractivity contribution in [2.75, 3.05) is 7.11 Å². The van der Waals surface area contributed by atoms with Gasteiger partial charge in [0.1, 0.15) is 5.82 Å². The van der Waals surface area contributed by atoms with E-state index in [1.54, 1.807) is 31.5 Å². The third-order valence-corrected chi connectivity index (χ3v) is 2.84. The van der Waals surface area contributed by atoms with Gasteiger partial charge in [-0.05, 0) is 29.7 Å². The van der Waals surface area contributed by atoms with Crippen LogP contribution in [0.25, 0.3) is 0 Å². The fourth-order valence-electron chi connectivity index (χ4n) is 1.93. The number of aliphatic hydroxyl groups excluding tert-OH is 1. The Morgan fingerprint density at radius 1 is 1.21 bits per heavy atom. The molecule has 1 aromatic heterocycles. The second-order valence-electron chi connectivity index (χ2n) is 4.40. The van der Waals surface area contributed by atoms with E-state index in [9.17, 15) is 9.50 Å². The number of aliphatic hydroxyl groups is 1. The van der Waals surface area contributed by atoms with Gasteiger partial charge in [-0.15, -0.1) is 0 Å². The van der Waals surface area contributed by atoms with Crippen LogP contribution in [0, 0.1) is 5.82 Å². The molecule has 0 aliphatic rings. The maximum Gasteiger partial charge on any atom is 0.212 e. The lowest BCUT2D eigenvalue weighted by Crippen LogP contribution is -2.14. The first kappa shape index (κ1) is 13.5. The third-order valence-electron chi connectivity index (χ3n) is 2.84. The van der Waals surface area contributed by atoms with Crippen LogP contribution in [-0.2, 0) is 12.8 Å². The average Bonchev–Trinajstić information content (AvgIpc) is 2.39. The molecule has 0 saturated heterocycles. The first-order chi connectivity index (χ1) is 9.17. The second-order valence-corrected chi connectivity index (χ2v) is 4.40. The van der Waals surface area contributed by atoms with Crippen molar-refractivity contribution in [1.82, 2.24) is 4.98 Å². The van der Waals surface area contributed by atoms with E-state index >= 15 is 0 Å². The molecule has 1 aromatic carbocycles. The van der Waals surface area contributed by atoms with Crippen LogP contribution in [0.1, 0.15) is 11.1 Å². The number of pyridine rings is 1. The topological polar surface area (TPSA) is 42.4 Å². The molecule has 2 rings (SSSR count). The van der Waals surface area contributed by atoms with E-state index in [1.807, 2.05) is 6.07 Å². The van der Waals surface area contributed by atoms with Crippen LogP contribution in [0.5, 0.6) is 5.88 Å². The van der Waals surface area contributed by atoms with Crippen molar-refractivity contribution in [2.45, 2.75) is 18.9 Å². The number of rotatable bonds is 5. The molecule has 0 amide bonds. The number of ether oxygens (including phenoxy) is 1. The number of hydrogen-bond donors (Lipinski definition) is 1. The van der Waals surface area contributed by atoms with E-state index in [1.165, 1.54) is 12.1 Å². The molecule has 2 aromatic rings. The predicted molar refractivity (Wildman–Crippen MR) is 70.6 cm³/mol. The Kier molecular flexibility index (Phi) is 4.47. The molecule has 1 atom stereocenters. The SMILES string of the molecule is COc1ccc(CC(O)Cc2cccc(F)c2)cn1. The number of hydrogen-bond acceptors (Lipinski definition) is 3. The summed E-state index contributed by atoms with van der Waals surface area (Å²) >= 11 is 0. The van der Waals surface area contributed by atoms with Crippen molar-refractivity contribution in [3.63, 3.8) is 0 Å². The molecule has 0 fully saturated rings. The summed E-state index contributed by atoms with van der Waals surface area (Å²) in [5.74, 6) is 0.263. The molecule has 1 unspecified atom stereocenters. The lowest BCUT2D eigenvalue weighted by molar-refractivity contribution is 0.175. The minimum atomic E-state index is -0.558. The maximum absolute atomic E-state index is 13.0. The fraction of sp³-hybridized carbons (Fsp3) is 0.267. The Morgan fingerprint density at radius 3 is 2.63 bits per heavy atom. The van der Waals surface area contributed by atoms with Gasteiger partial charge in [-0.25, -0.2) is 9.37 Å². The van der Waals surface area contributed by atoms with E-state index in [0.717, 1.165) is 11.1 Å². The van der Waals surface area contributed by atoms with E-state index in [4.69, 9.17) is 4.74 Å². The van der Waals surface area contributed by atoms with Crippen LogP contribution in [0.4, 0.5) is 4.39 Å². The first-order valence-corrected chi connectivity index (χ1v) is 6.09. The van der Waals surface area contributed by atoms with E-state index in [2.05, 4.69) is 4.98 Å². The van der Waals surface area contributed by atoms with Crippen molar-refractivity contribution in [2.24, 2.45) is 0 Å². The second kappa shape index (κ2) is 6.29. The Balaban J connectivity index is 1.95. The summed E-state index contributed by atoms with van der Waals surface area (Å²) in [6.45, 7) is 0. The van der Waals surface area contributed by atoms with Crippen LogP contribution in [-0.4, -0.2) is 23.3 Å². The lowest BCUT2D eigenvalue weighted by atomic mass is 10.0. The molecule has 0 bridgehead atoms. The maximum atomic E-state index is 13.0. The van der Waals surface area contributed by atoms with Gasteiger partial charge in [0.25, 0.3) is 0 Å².